The standard InChI is InChI=1S/C21H19F6NO4/c1-9-14(20(30)32-8-10-3-4-10)17(16(19(29)31-2)13(7-22)28-9)15-11(23)5-6-12(24)18(15)21(25,26)27/h5-6,10,17,28H,3-4,7-8H2,1-2H3. The molecule has 2 aliphatic rings. The normalized spacial score (nSPS) is 19.1. The van der Waals surface area contributed by atoms with Crippen LogP contribution in [0, 0.1) is 17.6 Å². The first kappa shape index (κ1) is 23.7. The van der Waals surface area contributed by atoms with Gasteiger partial charge in [-0.15, -0.1) is 0 Å². The zero-order valence-electron chi connectivity index (χ0n) is 17.0. The molecule has 0 amide bonds. The van der Waals surface area contributed by atoms with Crippen LogP contribution in [-0.2, 0) is 25.2 Å². The summed E-state index contributed by atoms with van der Waals surface area (Å²) in [5.74, 6) is -7.83. The molecule has 3 rings (SSSR count). The summed E-state index contributed by atoms with van der Waals surface area (Å²) in [6.45, 7) is -0.177. The molecule has 1 heterocycles. The minimum absolute atomic E-state index is 0.0344. The number of alkyl halides is 4. The lowest BCUT2D eigenvalue weighted by molar-refractivity contribution is -0.143. The number of benzene rings is 1. The average molecular weight is 463 g/mol. The van der Waals surface area contributed by atoms with E-state index in [4.69, 9.17) is 4.74 Å². The number of carbonyl (C=O) groups excluding carboxylic acids is 2. The van der Waals surface area contributed by atoms with Crippen LogP contribution in [0.5, 0.6) is 0 Å². The third-order valence-corrected chi connectivity index (χ3v) is 5.26. The minimum Gasteiger partial charge on any atom is -0.466 e. The summed E-state index contributed by atoms with van der Waals surface area (Å²) in [6, 6.07) is 0.719. The number of dihydropyridines is 1. The fraction of sp³-hybridized carbons (Fsp3) is 0.429. The van der Waals surface area contributed by atoms with Crippen molar-refractivity contribution in [2.24, 2.45) is 5.92 Å². The van der Waals surface area contributed by atoms with Crippen molar-refractivity contribution in [1.29, 1.82) is 0 Å². The first-order valence-corrected chi connectivity index (χ1v) is 9.58. The number of allylic oxidation sites excluding steroid dienone is 2. The van der Waals surface area contributed by atoms with E-state index in [2.05, 4.69) is 10.1 Å². The molecule has 32 heavy (non-hydrogen) atoms. The maximum atomic E-state index is 14.9. The summed E-state index contributed by atoms with van der Waals surface area (Å²) in [5, 5.41) is 2.44. The number of esters is 2. The molecule has 174 valence electrons. The molecule has 1 aromatic carbocycles. The molecule has 1 aromatic rings. The number of carbonyl (C=O) groups is 2. The summed E-state index contributed by atoms with van der Waals surface area (Å²) in [4.78, 5) is 25.3. The molecule has 1 aliphatic heterocycles. The molecule has 1 atom stereocenters. The van der Waals surface area contributed by atoms with E-state index >= 15 is 0 Å². The van der Waals surface area contributed by atoms with Gasteiger partial charge in [-0.2, -0.15) is 13.2 Å². The van der Waals surface area contributed by atoms with Gasteiger partial charge in [-0.05, 0) is 37.8 Å². The lowest BCUT2D eigenvalue weighted by atomic mass is 9.78. The van der Waals surface area contributed by atoms with Crippen molar-refractivity contribution in [3.05, 3.63) is 57.4 Å². The van der Waals surface area contributed by atoms with Gasteiger partial charge in [0.25, 0.3) is 0 Å². The third kappa shape index (κ3) is 4.46. The Morgan fingerprint density at radius 2 is 1.72 bits per heavy atom. The van der Waals surface area contributed by atoms with Crippen molar-refractivity contribution >= 4 is 11.9 Å². The summed E-state index contributed by atoms with van der Waals surface area (Å²) in [5.41, 5.74) is -5.39. The highest BCUT2D eigenvalue weighted by molar-refractivity contribution is 6.00. The molecule has 0 saturated heterocycles. The van der Waals surface area contributed by atoms with Crippen LogP contribution in [0.25, 0.3) is 0 Å². The van der Waals surface area contributed by atoms with E-state index in [-0.39, 0.29) is 24.3 Å². The van der Waals surface area contributed by atoms with Gasteiger partial charge in [-0.25, -0.2) is 22.8 Å². The Kier molecular flexibility index (Phi) is 6.56. The maximum absolute atomic E-state index is 14.9. The first-order valence-electron chi connectivity index (χ1n) is 9.58. The largest absolute Gasteiger partial charge is 0.466 e. The molecular weight excluding hydrogens is 444 g/mol. The SMILES string of the molecule is COC(=O)C1=C(CF)NC(C)=C(C(=O)OCC2CC2)C1c1c(F)ccc(F)c1C(F)(F)F. The molecule has 0 bridgehead atoms. The highest BCUT2D eigenvalue weighted by Crippen LogP contribution is 2.46. The Morgan fingerprint density at radius 1 is 1.09 bits per heavy atom. The van der Waals surface area contributed by atoms with Crippen molar-refractivity contribution < 1.29 is 45.4 Å². The van der Waals surface area contributed by atoms with Gasteiger partial charge in [-0.3, -0.25) is 0 Å². The van der Waals surface area contributed by atoms with Crippen LogP contribution in [0.2, 0.25) is 0 Å². The molecule has 0 radical (unpaired) electrons. The van der Waals surface area contributed by atoms with Crippen molar-refractivity contribution in [3.63, 3.8) is 0 Å². The van der Waals surface area contributed by atoms with Crippen molar-refractivity contribution in [1.82, 2.24) is 5.32 Å². The van der Waals surface area contributed by atoms with Crippen molar-refractivity contribution in [3.8, 4) is 0 Å². The summed E-state index contributed by atoms with van der Waals surface area (Å²) < 4.78 is 93.9. The number of ether oxygens (including phenoxy) is 2. The zero-order valence-corrected chi connectivity index (χ0v) is 17.0. The molecule has 1 fully saturated rings. The van der Waals surface area contributed by atoms with Gasteiger partial charge in [0, 0.05) is 11.3 Å². The highest BCUT2D eigenvalue weighted by atomic mass is 19.4. The van der Waals surface area contributed by atoms with Crippen LogP contribution in [-0.4, -0.2) is 32.3 Å². The predicted molar refractivity (Wildman–Crippen MR) is 98.6 cm³/mol. The number of halogens is 6. The molecule has 5 nitrogen and oxygen atoms in total. The van der Waals surface area contributed by atoms with E-state index in [0.717, 1.165) is 20.0 Å². The van der Waals surface area contributed by atoms with Crippen molar-refractivity contribution in [2.45, 2.75) is 31.9 Å². The Morgan fingerprint density at radius 3 is 2.25 bits per heavy atom. The number of rotatable bonds is 6. The predicted octanol–water partition coefficient (Wildman–Crippen LogP) is 4.29. The van der Waals surface area contributed by atoms with Crippen LogP contribution >= 0.6 is 0 Å². The monoisotopic (exact) mass is 463 g/mol. The van der Waals surface area contributed by atoms with Crippen LogP contribution in [0.15, 0.2) is 34.7 Å². The number of hydrogen-bond donors (Lipinski definition) is 1. The van der Waals surface area contributed by atoms with Gasteiger partial charge in [0.1, 0.15) is 18.3 Å². The van der Waals surface area contributed by atoms with E-state index in [9.17, 15) is 35.9 Å². The van der Waals surface area contributed by atoms with Crippen molar-refractivity contribution in [2.75, 3.05) is 20.4 Å². The van der Waals surface area contributed by atoms with Crippen LogP contribution < -0.4 is 5.32 Å². The smallest absolute Gasteiger partial charge is 0.419 e. The lowest BCUT2D eigenvalue weighted by Gasteiger charge is -2.32. The topological polar surface area (TPSA) is 64.6 Å². The fourth-order valence-corrected chi connectivity index (χ4v) is 3.61. The Balaban J connectivity index is 2.29. The second-order valence-corrected chi connectivity index (χ2v) is 7.47. The molecule has 11 heteroatoms. The van der Waals surface area contributed by atoms with Gasteiger partial charge in [-0.1, -0.05) is 0 Å². The van der Waals surface area contributed by atoms with Gasteiger partial charge in [0.2, 0.25) is 0 Å². The van der Waals surface area contributed by atoms with Gasteiger partial charge < -0.3 is 14.8 Å². The Hall–Kier alpha value is -2.98. The van der Waals surface area contributed by atoms with Crippen LogP contribution in [0.4, 0.5) is 26.3 Å². The average Bonchev–Trinajstić information content (AvgIpc) is 3.55. The molecule has 1 N–H and O–H groups in total. The van der Waals surface area contributed by atoms with Gasteiger partial charge >= 0.3 is 18.1 Å². The number of nitrogens with one attached hydrogen (secondary N) is 1. The van der Waals surface area contributed by atoms with E-state index in [1.54, 1.807) is 0 Å². The quantitative estimate of drug-likeness (QED) is 0.504. The summed E-state index contributed by atoms with van der Waals surface area (Å²) in [7, 11) is 0.880. The molecular formula is C21H19F6NO4. The first-order chi connectivity index (χ1) is 15.0. The maximum Gasteiger partial charge on any atom is 0.419 e. The van der Waals surface area contributed by atoms with Gasteiger partial charge in [0.15, 0.2) is 0 Å². The van der Waals surface area contributed by atoms with E-state index < -0.39 is 70.3 Å². The second-order valence-electron chi connectivity index (χ2n) is 7.47. The summed E-state index contributed by atoms with van der Waals surface area (Å²) >= 11 is 0. The minimum atomic E-state index is -5.39. The highest BCUT2D eigenvalue weighted by Gasteiger charge is 2.47. The molecule has 0 spiro atoms. The molecule has 1 aliphatic carbocycles. The Labute approximate surface area is 179 Å². The van der Waals surface area contributed by atoms with E-state index in [0.29, 0.717) is 6.07 Å². The third-order valence-electron chi connectivity index (χ3n) is 5.26. The summed E-state index contributed by atoms with van der Waals surface area (Å²) in [6.07, 6.45) is -3.80. The zero-order chi connectivity index (χ0) is 23.8. The van der Waals surface area contributed by atoms with E-state index in [1.807, 2.05) is 0 Å². The van der Waals surface area contributed by atoms with E-state index in [1.165, 1.54) is 6.92 Å². The fourth-order valence-electron chi connectivity index (χ4n) is 3.61. The number of hydrogen-bond acceptors (Lipinski definition) is 5. The van der Waals surface area contributed by atoms with Gasteiger partial charge in [0.05, 0.1) is 42.0 Å². The molecule has 1 unspecified atom stereocenters. The lowest BCUT2D eigenvalue weighted by Crippen LogP contribution is -2.35. The molecule has 0 aromatic heterocycles. The Bertz CT molecular complexity index is 1010. The number of methoxy groups -OCH3 is 1. The second kappa shape index (κ2) is 8.87. The van der Waals surface area contributed by atoms with Crippen LogP contribution in [0.3, 0.4) is 0 Å². The van der Waals surface area contributed by atoms with Crippen LogP contribution in [0.1, 0.15) is 36.8 Å². The molecule has 1 saturated carbocycles.